The number of hydrogen-bond donors (Lipinski definition) is 1. The Balaban J connectivity index is 1.84. The molecular formula is C15H28N4S. The molecule has 0 aliphatic carbocycles. The van der Waals surface area contributed by atoms with Crippen LogP contribution < -0.4 is 10.2 Å². The highest BCUT2D eigenvalue weighted by Crippen LogP contribution is 2.25. The van der Waals surface area contributed by atoms with Crippen LogP contribution in [0.3, 0.4) is 0 Å². The zero-order valence-electron chi connectivity index (χ0n) is 13.1. The van der Waals surface area contributed by atoms with Crippen LogP contribution in [0.15, 0.2) is 5.38 Å². The Kier molecular flexibility index (Phi) is 6.26. The summed E-state index contributed by atoms with van der Waals surface area (Å²) in [6, 6.07) is 0.653. The van der Waals surface area contributed by atoms with Crippen molar-refractivity contribution < 1.29 is 0 Å². The molecule has 0 atom stereocenters. The van der Waals surface area contributed by atoms with Crippen molar-refractivity contribution in [1.82, 2.24) is 15.2 Å². The fourth-order valence-electron chi connectivity index (χ4n) is 2.71. The molecule has 0 radical (unpaired) electrons. The number of rotatable bonds is 7. The summed E-state index contributed by atoms with van der Waals surface area (Å²) >= 11 is 1.78. The largest absolute Gasteiger partial charge is 0.348 e. The minimum atomic E-state index is 0.653. The SMILES string of the molecule is CCCNCc1csc(N(C)C2CCN(CC)CC2)n1. The Morgan fingerprint density at radius 2 is 2.15 bits per heavy atom. The third-order valence-electron chi connectivity index (χ3n) is 4.13. The molecule has 2 rings (SSSR count). The van der Waals surface area contributed by atoms with Crippen LogP contribution in [0.2, 0.25) is 0 Å². The van der Waals surface area contributed by atoms with Gasteiger partial charge in [0.2, 0.25) is 0 Å². The van der Waals surface area contributed by atoms with Crippen molar-refractivity contribution in [2.24, 2.45) is 0 Å². The fraction of sp³-hybridized carbons (Fsp3) is 0.800. The van der Waals surface area contributed by atoms with E-state index in [9.17, 15) is 0 Å². The summed E-state index contributed by atoms with van der Waals surface area (Å²) in [4.78, 5) is 9.69. The van der Waals surface area contributed by atoms with Gasteiger partial charge in [0.15, 0.2) is 5.13 Å². The fourth-order valence-corrected chi connectivity index (χ4v) is 3.57. The topological polar surface area (TPSA) is 31.4 Å². The first-order valence-corrected chi connectivity index (χ1v) is 8.72. The molecule has 0 unspecified atom stereocenters. The van der Waals surface area contributed by atoms with Gasteiger partial charge in [-0.15, -0.1) is 11.3 Å². The molecule has 2 heterocycles. The van der Waals surface area contributed by atoms with Gasteiger partial charge in [0.25, 0.3) is 0 Å². The standard InChI is InChI=1S/C15H28N4S/c1-4-8-16-11-13-12-20-15(17-13)18(3)14-6-9-19(5-2)10-7-14/h12,14,16H,4-11H2,1-3H3. The summed E-state index contributed by atoms with van der Waals surface area (Å²) in [5.74, 6) is 0. The summed E-state index contributed by atoms with van der Waals surface area (Å²) in [5.41, 5.74) is 1.18. The Bertz CT molecular complexity index is 385. The van der Waals surface area contributed by atoms with Gasteiger partial charge >= 0.3 is 0 Å². The Labute approximate surface area is 127 Å². The predicted octanol–water partition coefficient (Wildman–Crippen LogP) is 2.56. The lowest BCUT2D eigenvalue weighted by atomic mass is 10.0. The smallest absolute Gasteiger partial charge is 0.185 e. The highest BCUT2D eigenvalue weighted by molar-refractivity contribution is 7.13. The van der Waals surface area contributed by atoms with Crippen LogP contribution in [0.25, 0.3) is 0 Å². The molecular weight excluding hydrogens is 268 g/mol. The zero-order chi connectivity index (χ0) is 14.4. The minimum absolute atomic E-state index is 0.653. The maximum atomic E-state index is 4.76. The van der Waals surface area contributed by atoms with Crippen molar-refractivity contribution >= 4 is 16.5 Å². The number of aromatic nitrogens is 1. The number of hydrogen-bond acceptors (Lipinski definition) is 5. The van der Waals surface area contributed by atoms with E-state index in [4.69, 9.17) is 4.98 Å². The van der Waals surface area contributed by atoms with Crippen molar-refractivity contribution in [2.75, 3.05) is 38.1 Å². The van der Waals surface area contributed by atoms with Gasteiger partial charge in [0, 0.05) is 38.1 Å². The van der Waals surface area contributed by atoms with Crippen molar-refractivity contribution in [3.05, 3.63) is 11.1 Å². The van der Waals surface area contributed by atoms with Crippen molar-refractivity contribution in [2.45, 2.75) is 45.7 Å². The molecule has 114 valence electrons. The van der Waals surface area contributed by atoms with Crippen LogP contribution >= 0.6 is 11.3 Å². The van der Waals surface area contributed by atoms with Crippen LogP contribution in [0, 0.1) is 0 Å². The molecule has 1 aromatic heterocycles. The van der Waals surface area contributed by atoms with Crippen molar-refractivity contribution in [1.29, 1.82) is 0 Å². The lowest BCUT2D eigenvalue weighted by Gasteiger charge is -2.36. The number of likely N-dealkylation sites (tertiary alicyclic amines) is 1. The van der Waals surface area contributed by atoms with Gasteiger partial charge in [-0.05, 0) is 32.4 Å². The molecule has 1 saturated heterocycles. The van der Waals surface area contributed by atoms with Gasteiger partial charge in [-0.3, -0.25) is 0 Å². The summed E-state index contributed by atoms with van der Waals surface area (Å²) in [5, 5.41) is 6.78. The molecule has 1 N–H and O–H groups in total. The second-order valence-corrected chi connectivity index (χ2v) is 6.41. The average molecular weight is 296 g/mol. The summed E-state index contributed by atoms with van der Waals surface area (Å²) in [6.45, 7) is 10.0. The van der Waals surface area contributed by atoms with Crippen molar-refractivity contribution in [3.8, 4) is 0 Å². The Hall–Kier alpha value is -0.650. The van der Waals surface area contributed by atoms with Crippen LogP contribution in [-0.4, -0.2) is 49.2 Å². The van der Waals surface area contributed by atoms with Gasteiger partial charge < -0.3 is 15.1 Å². The van der Waals surface area contributed by atoms with Gasteiger partial charge in [0.1, 0.15) is 0 Å². The minimum Gasteiger partial charge on any atom is -0.348 e. The third-order valence-corrected chi connectivity index (χ3v) is 5.11. The normalized spacial score (nSPS) is 17.6. The van der Waals surface area contributed by atoms with Gasteiger partial charge in [0.05, 0.1) is 5.69 Å². The number of thiazole rings is 1. The van der Waals surface area contributed by atoms with E-state index >= 15 is 0 Å². The molecule has 4 nitrogen and oxygen atoms in total. The van der Waals surface area contributed by atoms with E-state index < -0.39 is 0 Å². The highest BCUT2D eigenvalue weighted by Gasteiger charge is 2.23. The third kappa shape index (κ3) is 4.17. The maximum absolute atomic E-state index is 4.76. The molecule has 20 heavy (non-hydrogen) atoms. The first-order chi connectivity index (χ1) is 9.74. The summed E-state index contributed by atoms with van der Waals surface area (Å²) < 4.78 is 0. The molecule has 0 aromatic carbocycles. The first-order valence-electron chi connectivity index (χ1n) is 7.84. The van der Waals surface area contributed by atoms with E-state index in [1.807, 2.05) is 0 Å². The van der Waals surface area contributed by atoms with Gasteiger partial charge in [-0.25, -0.2) is 4.98 Å². The monoisotopic (exact) mass is 296 g/mol. The van der Waals surface area contributed by atoms with E-state index in [1.165, 1.54) is 49.7 Å². The predicted molar refractivity (Wildman–Crippen MR) is 87.7 cm³/mol. The summed E-state index contributed by atoms with van der Waals surface area (Å²) in [6.07, 6.45) is 3.69. The molecule has 1 aliphatic heterocycles. The molecule has 1 fully saturated rings. The van der Waals surface area contributed by atoms with E-state index in [2.05, 4.69) is 41.4 Å². The van der Waals surface area contributed by atoms with Crippen molar-refractivity contribution in [3.63, 3.8) is 0 Å². The molecule has 0 spiro atoms. The number of nitrogens with one attached hydrogen (secondary N) is 1. The molecule has 0 bridgehead atoms. The average Bonchev–Trinajstić information content (AvgIpc) is 2.96. The first kappa shape index (κ1) is 15.7. The molecule has 1 aromatic rings. The molecule has 0 saturated carbocycles. The Morgan fingerprint density at radius 1 is 1.40 bits per heavy atom. The number of nitrogens with zero attached hydrogens (tertiary/aromatic N) is 3. The number of anilines is 1. The second-order valence-electron chi connectivity index (χ2n) is 5.57. The lowest BCUT2D eigenvalue weighted by Crippen LogP contribution is -2.43. The van der Waals surface area contributed by atoms with Crippen LogP contribution in [0.4, 0.5) is 5.13 Å². The van der Waals surface area contributed by atoms with E-state index in [-0.39, 0.29) is 0 Å². The second kappa shape index (κ2) is 7.96. The van der Waals surface area contributed by atoms with E-state index in [0.29, 0.717) is 6.04 Å². The molecule has 0 amide bonds. The number of piperidine rings is 1. The quantitative estimate of drug-likeness (QED) is 0.784. The maximum Gasteiger partial charge on any atom is 0.185 e. The van der Waals surface area contributed by atoms with Crippen LogP contribution in [0.5, 0.6) is 0 Å². The van der Waals surface area contributed by atoms with E-state index in [0.717, 1.165) is 13.1 Å². The zero-order valence-corrected chi connectivity index (χ0v) is 13.9. The summed E-state index contributed by atoms with van der Waals surface area (Å²) in [7, 11) is 2.20. The van der Waals surface area contributed by atoms with Crippen LogP contribution in [0.1, 0.15) is 38.8 Å². The van der Waals surface area contributed by atoms with Gasteiger partial charge in [-0.2, -0.15) is 0 Å². The van der Waals surface area contributed by atoms with Crippen LogP contribution in [-0.2, 0) is 6.54 Å². The molecule has 1 aliphatic rings. The van der Waals surface area contributed by atoms with E-state index in [1.54, 1.807) is 11.3 Å². The lowest BCUT2D eigenvalue weighted by molar-refractivity contribution is 0.221. The highest BCUT2D eigenvalue weighted by atomic mass is 32.1. The van der Waals surface area contributed by atoms with Gasteiger partial charge in [-0.1, -0.05) is 13.8 Å². The molecule has 5 heteroatoms. The Morgan fingerprint density at radius 3 is 2.80 bits per heavy atom.